The van der Waals surface area contributed by atoms with E-state index in [0.29, 0.717) is 34.6 Å². The van der Waals surface area contributed by atoms with E-state index >= 15 is 0 Å². The maximum Gasteiger partial charge on any atom is 0.280 e. The van der Waals surface area contributed by atoms with Crippen molar-refractivity contribution in [3.63, 3.8) is 0 Å². The molecular weight excluding hydrogens is 477 g/mol. The summed E-state index contributed by atoms with van der Waals surface area (Å²) in [5, 5.41) is 7.27. The Morgan fingerprint density at radius 2 is 1.73 bits per heavy atom. The molecule has 0 spiro atoms. The number of nitrogens with one attached hydrogen (secondary N) is 1. The van der Waals surface area contributed by atoms with E-state index in [1.54, 1.807) is 48.5 Å². The molecule has 2 aromatic heterocycles. The molecule has 0 saturated carbocycles. The number of ketones is 1. The Hall–Kier alpha value is -5.05. The molecule has 9 heteroatoms. The molecule has 5 rings (SSSR count). The molecule has 1 N–H and O–H groups in total. The van der Waals surface area contributed by atoms with E-state index in [2.05, 4.69) is 10.4 Å². The van der Waals surface area contributed by atoms with Gasteiger partial charge in [0.25, 0.3) is 5.91 Å². The molecule has 0 aliphatic rings. The minimum Gasteiger partial charge on any atom is -0.494 e. The van der Waals surface area contributed by atoms with Crippen molar-refractivity contribution >= 4 is 28.3 Å². The number of carbonyl (C=O) groups is 2. The Kier molecular flexibility index (Phi) is 6.34. The predicted octanol–water partition coefficient (Wildman–Crippen LogP) is 5.00. The van der Waals surface area contributed by atoms with Crippen molar-refractivity contribution in [3.8, 4) is 11.4 Å². The second-order valence-electron chi connectivity index (χ2n) is 7.99. The highest BCUT2D eigenvalue weighted by Crippen LogP contribution is 2.33. The van der Waals surface area contributed by atoms with E-state index in [9.17, 15) is 18.8 Å². The average Bonchev–Trinajstić information content (AvgIpc) is 3.28. The van der Waals surface area contributed by atoms with Crippen molar-refractivity contribution in [1.29, 1.82) is 0 Å². The number of hydrogen-bond acceptors (Lipinski definition) is 6. The first-order valence-corrected chi connectivity index (χ1v) is 11.4. The molecule has 3 aromatic carbocycles. The molecular formula is C28H20FN3O5. The quantitative estimate of drug-likeness (QED) is 0.318. The van der Waals surface area contributed by atoms with Gasteiger partial charge in [-0.2, -0.15) is 5.10 Å². The number of rotatable bonds is 7. The summed E-state index contributed by atoms with van der Waals surface area (Å²) in [6.45, 7) is 2.35. The molecule has 5 aromatic rings. The summed E-state index contributed by atoms with van der Waals surface area (Å²) < 4.78 is 25.9. The van der Waals surface area contributed by atoms with Gasteiger partial charge >= 0.3 is 0 Å². The van der Waals surface area contributed by atoms with E-state index < -0.39 is 28.6 Å². The first kappa shape index (κ1) is 23.7. The molecule has 0 aliphatic carbocycles. The summed E-state index contributed by atoms with van der Waals surface area (Å²) in [5.74, 6) is -1.19. The number of furan rings is 1. The number of nitrogens with zero attached hydrogens (tertiary/aromatic N) is 2. The molecule has 2 heterocycles. The first-order chi connectivity index (χ1) is 17.9. The van der Waals surface area contributed by atoms with Crippen LogP contribution in [0.15, 0.2) is 94.3 Å². The maximum atomic E-state index is 13.4. The lowest BCUT2D eigenvalue weighted by molar-refractivity contribution is 0.101. The van der Waals surface area contributed by atoms with E-state index in [1.807, 2.05) is 6.92 Å². The van der Waals surface area contributed by atoms with Crippen molar-refractivity contribution in [3.05, 3.63) is 118 Å². The van der Waals surface area contributed by atoms with E-state index in [-0.39, 0.29) is 11.4 Å². The zero-order valence-electron chi connectivity index (χ0n) is 19.6. The Balaban J connectivity index is 1.52. The molecule has 0 atom stereocenters. The normalized spacial score (nSPS) is 10.9. The molecule has 0 fully saturated rings. The number of ether oxygens (including phenoxy) is 1. The molecule has 184 valence electrons. The first-order valence-electron chi connectivity index (χ1n) is 11.4. The van der Waals surface area contributed by atoms with Crippen molar-refractivity contribution in [2.75, 3.05) is 11.9 Å². The van der Waals surface area contributed by atoms with Gasteiger partial charge in [0.2, 0.25) is 11.2 Å². The van der Waals surface area contributed by atoms with Gasteiger partial charge in [0.1, 0.15) is 17.1 Å². The van der Waals surface area contributed by atoms with E-state index in [1.165, 1.54) is 41.2 Å². The summed E-state index contributed by atoms with van der Waals surface area (Å²) in [6, 6.07) is 20.0. The van der Waals surface area contributed by atoms with Crippen LogP contribution in [0.3, 0.4) is 0 Å². The fourth-order valence-corrected chi connectivity index (χ4v) is 3.80. The number of halogens is 1. The second-order valence-corrected chi connectivity index (χ2v) is 7.99. The molecule has 8 nitrogen and oxygen atoms in total. The average molecular weight is 497 g/mol. The van der Waals surface area contributed by atoms with Crippen molar-refractivity contribution in [2.45, 2.75) is 6.92 Å². The van der Waals surface area contributed by atoms with Gasteiger partial charge in [0, 0.05) is 23.2 Å². The van der Waals surface area contributed by atoms with Crippen LogP contribution in [-0.2, 0) is 0 Å². The molecule has 0 unspecified atom stereocenters. The maximum absolute atomic E-state index is 13.4. The van der Waals surface area contributed by atoms with Crippen LogP contribution < -0.4 is 15.5 Å². The Morgan fingerprint density at radius 1 is 1.00 bits per heavy atom. The van der Waals surface area contributed by atoms with Crippen LogP contribution in [0.5, 0.6) is 5.75 Å². The van der Waals surface area contributed by atoms with Crippen molar-refractivity contribution in [1.82, 2.24) is 9.78 Å². The number of amides is 1. The Labute approximate surface area is 209 Å². The summed E-state index contributed by atoms with van der Waals surface area (Å²) in [7, 11) is 0. The van der Waals surface area contributed by atoms with Crippen molar-refractivity contribution in [2.24, 2.45) is 0 Å². The lowest BCUT2D eigenvalue weighted by atomic mass is 10.1. The molecule has 37 heavy (non-hydrogen) atoms. The summed E-state index contributed by atoms with van der Waals surface area (Å²) in [6.07, 6.45) is 1.38. The van der Waals surface area contributed by atoms with E-state index in [4.69, 9.17) is 9.15 Å². The third-order valence-electron chi connectivity index (χ3n) is 5.58. The standard InChI is InChI=1S/C28H20FN3O5/c1-2-36-20-13-7-17(8-14-20)26(34)27-24(21-5-3-4-6-23(21)37-27)30-28(35)25-22(33)15-16-32(31-25)19-11-9-18(29)10-12-19/h3-16H,2H2,1H3,(H,30,35). The highest BCUT2D eigenvalue weighted by Gasteiger charge is 2.25. The van der Waals surface area contributed by atoms with Crippen LogP contribution in [0.1, 0.15) is 33.5 Å². The topological polar surface area (TPSA) is 103 Å². The number of fused-ring (bicyclic) bond motifs is 1. The highest BCUT2D eigenvalue weighted by molar-refractivity contribution is 6.18. The van der Waals surface area contributed by atoms with Gasteiger partial charge < -0.3 is 14.5 Å². The zero-order chi connectivity index (χ0) is 25.9. The smallest absolute Gasteiger partial charge is 0.280 e. The number of carbonyl (C=O) groups excluding carboxylic acids is 2. The van der Waals surface area contributed by atoms with Gasteiger partial charge in [-0.15, -0.1) is 0 Å². The fourth-order valence-electron chi connectivity index (χ4n) is 3.80. The molecule has 0 aliphatic heterocycles. The van der Waals surface area contributed by atoms with Crippen LogP contribution in [-0.4, -0.2) is 28.1 Å². The lowest BCUT2D eigenvalue weighted by Gasteiger charge is -2.09. The minimum atomic E-state index is -0.825. The monoisotopic (exact) mass is 497 g/mol. The van der Waals surface area contributed by atoms with Crippen LogP contribution in [0, 0.1) is 5.82 Å². The second kappa shape index (κ2) is 9.90. The SMILES string of the molecule is CCOc1ccc(C(=O)c2oc3ccccc3c2NC(=O)c2nn(-c3ccc(F)cc3)ccc2=O)cc1. The lowest BCUT2D eigenvalue weighted by Crippen LogP contribution is -2.26. The largest absolute Gasteiger partial charge is 0.494 e. The third-order valence-corrected chi connectivity index (χ3v) is 5.58. The summed E-state index contributed by atoms with van der Waals surface area (Å²) in [5.41, 5.74) is 0.263. The van der Waals surface area contributed by atoms with Gasteiger partial charge in [-0.1, -0.05) is 12.1 Å². The Bertz CT molecular complexity index is 1670. The minimum absolute atomic E-state index is 0.0894. The highest BCUT2D eigenvalue weighted by atomic mass is 19.1. The zero-order valence-corrected chi connectivity index (χ0v) is 19.6. The Morgan fingerprint density at radius 3 is 2.46 bits per heavy atom. The van der Waals surface area contributed by atoms with E-state index in [0.717, 1.165) is 0 Å². The van der Waals surface area contributed by atoms with Crippen molar-refractivity contribution < 1.29 is 23.1 Å². The van der Waals surface area contributed by atoms with Gasteiger partial charge in [-0.05, 0) is 67.6 Å². The molecule has 1 amide bonds. The van der Waals surface area contributed by atoms with Crippen LogP contribution in [0.2, 0.25) is 0 Å². The fraction of sp³-hybridized carbons (Fsp3) is 0.0714. The van der Waals surface area contributed by atoms with Crippen LogP contribution in [0.25, 0.3) is 16.7 Å². The van der Waals surface area contributed by atoms with Crippen LogP contribution >= 0.6 is 0 Å². The number of hydrogen-bond donors (Lipinski definition) is 1. The molecule has 0 saturated heterocycles. The van der Waals surface area contributed by atoms with Crippen LogP contribution in [0.4, 0.5) is 10.1 Å². The summed E-state index contributed by atoms with van der Waals surface area (Å²) in [4.78, 5) is 39.1. The van der Waals surface area contributed by atoms with Gasteiger partial charge in [0.05, 0.1) is 18.0 Å². The molecule has 0 radical (unpaired) electrons. The van der Waals surface area contributed by atoms with Gasteiger partial charge in [-0.3, -0.25) is 14.4 Å². The number of aromatic nitrogens is 2. The third kappa shape index (κ3) is 4.74. The number of anilines is 1. The predicted molar refractivity (Wildman–Crippen MR) is 135 cm³/mol. The van der Waals surface area contributed by atoms with Gasteiger partial charge in [-0.25, -0.2) is 9.07 Å². The number of benzene rings is 3. The molecule has 0 bridgehead atoms. The van der Waals surface area contributed by atoms with Gasteiger partial charge in [0.15, 0.2) is 11.5 Å². The summed E-state index contributed by atoms with van der Waals surface area (Å²) >= 11 is 0. The number of para-hydroxylation sites is 1.